The van der Waals surface area contributed by atoms with Crippen molar-refractivity contribution in [3.8, 4) is 0 Å². The summed E-state index contributed by atoms with van der Waals surface area (Å²) < 4.78 is 7.26. The van der Waals surface area contributed by atoms with Gasteiger partial charge in [0.1, 0.15) is 5.58 Å². The highest BCUT2D eigenvalue weighted by molar-refractivity contribution is 6.18. The van der Waals surface area contributed by atoms with Crippen LogP contribution in [0.3, 0.4) is 0 Å². The zero-order valence-corrected chi connectivity index (χ0v) is 11.8. The molecule has 4 heteroatoms. The van der Waals surface area contributed by atoms with E-state index in [1.165, 1.54) is 4.68 Å². The van der Waals surface area contributed by atoms with E-state index in [9.17, 15) is 4.79 Å². The summed E-state index contributed by atoms with van der Waals surface area (Å²) in [6.07, 6.45) is 1.73. The van der Waals surface area contributed by atoms with Gasteiger partial charge in [-0.2, -0.15) is 5.10 Å². The Kier molecular flexibility index (Phi) is 2.42. The van der Waals surface area contributed by atoms with Crippen molar-refractivity contribution in [1.82, 2.24) is 9.78 Å². The zero-order chi connectivity index (χ0) is 14.6. The van der Waals surface area contributed by atoms with Crippen LogP contribution in [0.4, 0.5) is 0 Å². The van der Waals surface area contributed by atoms with Crippen molar-refractivity contribution < 1.29 is 4.42 Å². The van der Waals surface area contributed by atoms with Crippen LogP contribution >= 0.6 is 0 Å². The van der Waals surface area contributed by atoms with E-state index in [-0.39, 0.29) is 11.6 Å². The molecule has 0 radical (unpaired) electrons. The quantitative estimate of drug-likeness (QED) is 0.531. The first kappa shape index (κ1) is 12.1. The van der Waals surface area contributed by atoms with Gasteiger partial charge in [0.15, 0.2) is 0 Å². The minimum Gasteiger partial charge on any atom is -0.450 e. The van der Waals surface area contributed by atoms with Gasteiger partial charge in [0.25, 0.3) is 0 Å². The van der Waals surface area contributed by atoms with Crippen LogP contribution in [-0.4, -0.2) is 9.78 Å². The zero-order valence-electron chi connectivity index (χ0n) is 11.8. The number of benzene rings is 2. The molecule has 0 fully saturated rings. The molecule has 0 unspecified atom stereocenters. The van der Waals surface area contributed by atoms with Crippen LogP contribution in [0.25, 0.3) is 32.7 Å². The average molecular weight is 278 g/mol. The van der Waals surface area contributed by atoms with Crippen LogP contribution in [0.1, 0.15) is 19.9 Å². The summed E-state index contributed by atoms with van der Waals surface area (Å²) in [5, 5.41) is 8.23. The molecule has 0 atom stereocenters. The van der Waals surface area contributed by atoms with E-state index in [2.05, 4.69) is 11.2 Å². The fourth-order valence-corrected chi connectivity index (χ4v) is 2.82. The third-order valence-corrected chi connectivity index (χ3v) is 3.82. The van der Waals surface area contributed by atoms with Crippen molar-refractivity contribution in [2.24, 2.45) is 0 Å². The first-order chi connectivity index (χ1) is 10.2. The van der Waals surface area contributed by atoms with Gasteiger partial charge in [-0.1, -0.05) is 30.3 Å². The molecule has 2 heterocycles. The second-order valence-corrected chi connectivity index (χ2v) is 5.49. The third kappa shape index (κ3) is 1.62. The molecule has 0 aliphatic heterocycles. The Labute approximate surface area is 120 Å². The maximum Gasteiger partial charge on any atom is 0.310 e. The summed E-state index contributed by atoms with van der Waals surface area (Å²) in [6.45, 7) is 3.86. The molecule has 0 bridgehead atoms. The second-order valence-electron chi connectivity index (χ2n) is 5.49. The lowest BCUT2D eigenvalue weighted by Gasteiger charge is -2.06. The molecular formula is C17H14N2O2. The summed E-state index contributed by atoms with van der Waals surface area (Å²) in [7, 11) is 0. The van der Waals surface area contributed by atoms with Gasteiger partial charge in [-0.25, -0.2) is 4.68 Å². The van der Waals surface area contributed by atoms with Crippen LogP contribution in [-0.2, 0) is 0 Å². The Balaban J connectivity index is 2.25. The van der Waals surface area contributed by atoms with Gasteiger partial charge in [-0.3, -0.25) is 4.79 Å². The Morgan fingerprint density at radius 2 is 1.90 bits per heavy atom. The lowest BCUT2D eigenvalue weighted by molar-refractivity contribution is 0.499. The van der Waals surface area contributed by atoms with Gasteiger partial charge in [-0.15, -0.1) is 0 Å². The number of hydrogen-bond acceptors (Lipinski definition) is 3. The van der Waals surface area contributed by atoms with Crippen LogP contribution in [0.5, 0.6) is 0 Å². The number of furan rings is 1. The largest absolute Gasteiger partial charge is 0.450 e. The van der Waals surface area contributed by atoms with E-state index in [0.29, 0.717) is 5.58 Å². The van der Waals surface area contributed by atoms with Crippen molar-refractivity contribution >= 4 is 32.7 Å². The van der Waals surface area contributed by atoms with E-state index in [0.717, 1.165) is 27.1 Å². The molecule has 0 amide bonds. The van der Waals surface area contributed by atoms with Crippen LogP contribution in [0.15, 0.2) is 51.8 Å². The minimum atomic E-state index is -0.178. The molecule has 0 N–H and O–H groups in total. The van der Waals surface area contributed by atoms with Crippen molar-refractivity contribution in [2.45, 2.75) is 19.9 Å². The maximum atomic E-state index is 12.5. The van der Waals surface area contributed by atoms with Crippen LogP contribution in [0, 0.1) is 0 Å². The molecule has 0 saturated carbocycles. The predicted molar refractivity (Wildman–Crippen MR) is 83.7 cm³/mol. The summed E-state index contributed by atoms with van der Waals surface area (Å²) >= 11 is 0. The summed E-state index contributed by atoms with van der Waals surface area (Å²) in [6, 6.07) is 12.0. The average Bonchev–Trinajstić information content (AvgIpc) is 2.87. The molecule has 0 aliphatic rings. The third-order valence-electron chi connectivity index (χ3n) is 3.82. The number of fused-ring (bicyclic) bond motifs is 5. The van der Waals surface area contributed by atoms with Gasteiger partial charge < -0.3 is 4.42 Å². The van der Waals surface area contributed by atoms with Crippen molar-refractivity contribution in [2.75, 3.05) is 0 Å². The Bertz CT molecular complexity index is 1040. The molecule has 21 heavy (non-hydrogen) atoms. The lowest BCUT2D eigenvalue weighted by atomic mass is 10.1. The molecule has 2 aromatic carbocycles. The van der Waals surface area contributed by atoms with Crippen molar-refractivity contribution in [3.05, 3.63) is 52.9 Å². The molecule has 4 nitrogen and oxygen atoms in total. The Morgan fingerprint density at radius 3 is 2.71 bits per heavy atom. The smallest absolute Gasteiger partial charge is 0.310 e. The highest BCUT2D eigenvalue weighted by Crippen LogP contribution is 2.32. The Hall–Kier alpha value is -2.62. The standard InChI is InChI=1S/C17H14N2O2/c1-10(2)19-17(20)16-13(9-18-19)15-12-6-4-3-5-11(12)7-8-14(15)21-16/h3-10H,1-2H3. The van der Waals surface area contributed by atoms with Crippen molar-refractivity contribution in [1.29, 1.82) is 0 Å². The topological polar surface area (TPSA) is 48.0 Å². The molecule has 104 valence electrons. The molecule has 4 aromatic rings. The number of nitrogens with zero attached hydrogens (tertiary/aromatic N) is 2. The highest BCUT2D eigenvalue weighted by atomic mass is 16.3. The molecule has 4 rings (SSSR count). The molecule has 0 aliphatic carbocycles. The van der Waals surface area contributed by atoms with E-state index >= 15 is 0 Å². The van der Waals surface area contributed by atoms with Gasteiger partial charge >= 0.3 is 5.56 Å². The van der Waals surface area contributed by atoms with E-state index in [1.54, 1.807) is 6.20 Å². The fourth-order valence-electron chi connectivity index (χ4n) is 2.82. The van der Waals surface area contributed by atoms with Crippen molar-refractivity contribution in [3.63, 3.8) is 0 Å². The van der Waals surface area contributed by atoms with E-state index in [1.807, 2.05) is 44.2 Å². The molecule has 2 aromatic heterocycles. The van der Waals surface area contributed by atoms with Gasteiger partial charge in [-0.05, 0) is 30.7 Å². The van der Waals surface area contributed by atoms with Crippen LogP contribution < -0.4 is 5.56 Å². The maximum absolute atomic E-state index is 12.5. The summed E-state index contributed by atoms with van der Waals surface area (Å²) in [5.74, 6) is 0. The summed E-state index contributed by atoms with van der Waals surface area (Å²) in [5.41, 5.74) is 0.928. The number of rotatable bonds is 1. The fraction of sp³-hybridized carbons (Fsp3) is 0.176. The first-order valence-electron chi connectivity index (χ1n) is 6.98. The number of hydrogen-bond donors (Lipinski definition) is 0. The van der Waals surface area contributed by atoms with E-state index < -0.39 is 0 Å². The molecular weight excluding hydrogens is 264 g/mol. The molecule has 0 spiro atoms. The Morgan fingerprint density at radius 1 is 1.10 bits per heavy atom. The van der Waals surface area contributed by atoms with Gasteiger partial charge in [0, 0.05) is 5.39 Å². The first-order valence-corrected chi connectivity index (χ1v) is 6.98. The summed E-state index contributed by atoms with van der Waals surface area (Å²) in [4.78, 5) is 12.5. The van der Waals surface area contributed by atoms with Gasteiger partial charge in [0.05, 0.1) is 17.6 Å². The lowest BCUT2D eigenvalue weighted by Crippen LogP contribution is -2.23. The second kappa shape index (κ2) is 4.19. The van der Waals surface area contributed by atoms with Gasteiger partial charge in [0.2, 0.25) is 5.58 Å². The minimum absolute atomic E-state index is 0.00635. The number of aromatic nitrogens is 2. The predicted octanol–water partition coefficient (Wildman–Crippen LogP) is 3.88. The normalized spacial score (nSPS) is 12.0. The molecule has 0 saturated heterocycles. The van der Waals surface area contributed by atoms with Crippen LogP contribution in [0.2, 0.25) is 0 Å². The van der Waals surface area contributed by atoms with E-state index in [4.69, 9.17) is 4.42 Å². The monoisotopic (exact) mass is 278 g/mol. The highest BCUT2D eigenvalue weighted by Gasteiger charge is 2.15. The SMILES string of the molecule is CC(C)n1ncc2c(oc3ccc4ccccc4c32)c1=O.